The second kappa shape index (κ2) is 6.04. The zero-order valence-corrected chi connectivity index (χ0v) is 12.1. The third-order valence-corrected chi connectivity index (χ3v) is 5.81. The van der Waals surface area contributed by atoms with E-state index in [9.17, 15) is 18.3 Å². The first kappa shape index (κ1) is 15.5. The summed E-state index contributed by atoms with van der Waals surface area (Å²) in [5.74, 6) is -0.262. The molecule has 0 radical (unpaired) electrons. The van der Waals surface area contributed by atoms with Gasteiger partial charge in [-0.1, -0.05) is 26.7 Å². The second-order valence-electron chi connectivity index (χ2n) is 5.69. The minimum atomic E-state index is -3.08. The summed E-state index contributed by atoms with van der Waals surface area (Å²) in [6.07, 6.45) is 4.05. The van der Waals surface area contributed by atoms with Crippen LogP contribution in [-0.2, 0) is 14.6 Å². The molecule has 4 nitrogen and oxygen atoms in total. The maximum atomic E-state index is 11.7. The van der Waals surface area contributed by atoms with Gasteiger partial charge in [-0.2, -0.15) is 0 Å². The van der Waals surface area contributed by atoms with Crippen molar-refractivity contribution in [3.05, 3.63) is 0 Å². The van der Waals surface area contributed by atoms with Gasteiger partial charge >= 0.3 is 5.97 Å². The van der Waals surface area contributed by atoms with Crippen molar-refractivity contribution < 1.29 is 18.3 Å². The Morgan fingerprint density at radius 2 is 2.06 bits per heavy atom. The average molecular weight is 276 g/mol. The largest absolute Gasteiger partial charge is 0.481 e. The molecule has 0 aromatic carbocycles. The van der Waals surface area contributed by atoms with Crippen molar-refractivity contribution in [2.45, 2.75) is 52.4 Å². The van der Waals surface area contributed by atoms with E-state index in [-0.39, 0.29) is 17.9 Å². The van der Waals surface area contributed by atoms with Crippen LogP contribution in [0, 0.1) is 11.3 Å². The molecule has 0 spiro atoms. The van der Waals surface area contributed by atoms with Crippen molar-refractivity contribution >= 4 is 15.8 Å². The van der Waals surface area contributed by atoms with E-state index in [4.69, 9.17) is 0 Å². The number of carboxylic acid groups (broad SMARTS) is 1. The SMILES string of the molecule is CCCS(=O)(=O)CCC1(C(=O)O)CCCC(C)C1. The summed E-state index contributed by atoms with van der Waals surface area (Å²) in [5, 5.41) is 9.44. The fraction of sp³-hybridized carbons (Fsp3) is 0.923. The van der Waals surface area contributed by atoms with E-state index in [0.29, 0.717) is 25.2 Å². The quantitative estimate of drug-likeness (QED) is 0.809. The van der Waals surface area contributed by atoms with Crippen molar-refractivity contribution in [3.63, 3.8) is 0 Å². The Kier molecular flexibility index (Phi) is 5.20. The predicted molar refractivity (Wildman–Crippen MR) is 71.3 cm³/mol. The third-order valence-electron chi connectivity index (χ3n) is 3.95. The highest BCUT2D eigenvalue weighted by Crippen LogP contribution is 2.42. The van der Waals surface area contributed by atoms with Crippen LogP contribution in [0.5, 0.6) is 0 Å². The van der Waals surface area contributed by atoms with E-state index in [0.717, 1.165) is 12.8 Å². The van der Waals surface area contributed by atoms with Crippen molar-refractivity contribution in [2.75, 3.05) is 11.5 Å². The van der Waals surface area contributed by atoms with Crippen LogP contribution in [0.25, 0.3) is 0 Å². The van der Waals surface area contributed by atoms with Gasteiger partial charge in [-0.3, -0.25) is 4.79 Å². The van der Waals surface area contributed by atoms with Crippen LogP contribution in [0.4, 0.5) is 0 Å². The molecule has 0 saturated heterocycles. The van der Waals surface area contributed by atoms with E-state index in [1.807, 2.05) is 6.92 Å². The van der Waals surface area contributed by atoms with Crippen LogP contribution >= 0.6 is 0 Å². The summed E-state index contributed by atoms with van der Waals surface area (Å²) >= 11 is 0. The molecule has 2 unspecified atom stereocenters. The lowest BCUT2D eigenvalue weighted by Crippen LogP contribution is -2.37. The van der Waals surface area contributed by atoms with E-state index < -0.39 is 21.2 Å². The normalized spacial score (nSPS) is 29.1. The van der Waals surface area contributed by atoms with E-state index in [1.54, 1.807) is 0 Å². The van der Waals surface area contributed by atoms with Gasteiger partial charge in [-0.25, -0.2) is 8.42 Å². The van der Waals surface area contributed by atoms with Gasteiger partial charge in [0.2, 0.25) is 0 Å². The monoisotopic (exact) mass is 276 g/mol. The van der Waals surface area contributed by atoms with Crippen LogP contribution in [0.3, 0.4) is 0 Å². The van der Waals surface area contributed by atoms with Crippen LogP contribution in [0.15, 0.2) is 0 Å². The maximum absolute atomic E-state index is 11.7. The van der Waals surface area contributed by atoms with Gasteiger partial charge in [0.05, 0.1) is 11.2 Å². The number of sulfone groups is 1. The summed E-state index contributed by atoms with van der Waals surface area (Å²) < 4.78 is 23.5. The van der Waals surface area contributed by atoms with Gasteiger partial charge < -0.3 is 5.11 Å². The van der Waals surface area contributed by atoms with E-state index in [1.165, 1.54) is 0 Å². The standard InChI is InChI=1S/C13H24O4S/c1-3-8-18(16,17)9-7-13(12(14)15)6-4-5-11(2)10-13/h11H,3-10H2,1-2H3,(H,14,15). The van der Waals surface area contributed by atoms with Crippen LogP contribution in [0.1, 0.15) is 52.4 Å². The Morgan fingerprint density at radius 3 is 2.56 bits per heavy atom. The number of hydrogen-bond donors (Lipinski definition) is 1. The summed E-state index contributed by atoms with van der Waals surface area (Å²) in [5.41, 5.74) is -0.807. The Hall–Kier alpha value is -0.580. The summed E-state index contributed by atoms with van der Waals surface area (Å²) in [7, 11) is -3.08. The Bertz CT molecular complexity index is 388. The number of aliphatic carboxylic acids is 1. The van der Waals surface area contributed by atoms with Crippen molar-refractivity contribution in [1.82, 2.24) is 0 Å². The molecule has 5 heteroatoms. The Morgan fingerprint density at radius 1 is 1.39 bits per heavy atom. The molecule has 1 aliphatic rings. The van der Waals surface area contributed by atoms with E-state index >= 15 is 0 Å². The molecule has 0 aromatic heterocycles. The molecular formula is C13H24O4S. The molecule has 0 bridgehead atoms. The highest BCUT2D eigenvalue weighted by Gasteiger charge is 2.42. The zero-order valence-electron chi connectivity index (χ0n) is 11.3. The number of hydrogen-bond acceptors (Lipinski definition) is 3. The van der Waals surface area contributed by atoms with Crippen LogP contribution in [-0.4, -0.2) is 31.0 Å². The highest BCUT2D eigenvalue weighted by molar-refractivity contribution is 7.91. The summed E-state index contributed by atoms with van der Waals surface area (Å²) in [6, 6.07) is 0. The molecule has 2 atom stereocenters. The number of carbonyl (C=O) groups is 1. The summed E-state index contributed by atoms with van der Waals surface area (Å²) in [4.78, 5) is 11.5. The fourth-order valence-corrected chi connectivity index (χ4v) is 4.48. The maximum Gasteiger partial charge on any atom is 0.309 e. The molecule has 106 valence electrons. The lowest BCUT2D eigenvalue weighted by Gasteiger charge is -2.36. The molecule has 1 aliphatic carbocycles. The topological polar surface area (TPSA) is 71.4 Å². The number of carboxylic acids is 1. The molecule has 1 N–H and O–H groups in total. The second-order valence-corrected chi connectivity index (χ2v) is 7.99. The minimum absolute atomic E-state index is 0.0137. The first-order chi connectivity index (χ1) is 8.31. The van der Waals surface area contributed by atoms with Gasteiger partial charge in [-0.05, 0) is 31.6 Å². The van der Waals surface area contributed by atoms with Gasteiger partial charge in [0.1, 0.15) is 9.84 Å². The Labute approximate surface area is 110 Å². The van der Waals surface area contributed by atoms with Crippen LogP contribution in [0.2, 0.25) is 0 Å². The van der Waals surface area contributed by atoms with Crippen LogP contribution < -0.4 is 0 Å². The molecule has 0 aliphatic heterocycles. The summed E-state index contributed by atoms with van der Waals surface area (Å²) in [6.45, 7) is 3.88. The van der Waals surface area contributed by atoms with Crippen molar-refractivity contribution in [3.8, 4) is 0 Å². The molecule has 1 fully saturated rings. The zero-order chi connectivity index (χ0) is 13.8. The molecule has 0 aromatic rings. The van der Waals surface area contributed by atoms with Crippen molar-refractivity contribution in [2.24, 2.45) is 11.3 Å². The highest BCUT2D eigenvalue weighted by atomic mass is 32.2. The molecule has 18 heavy (non-hydrogen) atoms. The first-order valence-corrected chi connectivity index (χ1v) is 8.57. The molecule has 1 saturated carbocycles. The number of rotatable bonds is 6. The van der Waals surface area contributed by atoms with Gasteiger partial charge in [0.15, 0.2) is 0 Å². The van der Waals surface area contributed by atoms with Gasteiger partial charge in [0.25, 0.3) is 0 Å². The molecule has 0 heterocycles. The molecular weight excluding hydrogens is 252 g/mol. The molecule has 1 rings (SSSR count). The third kappa shape index (κ3) is 3.97. The minimum Gasteiger partial charge on any atom is -0.481 e. The Balaban J connectivity index is 2.72. The smallest absolute Gasteiger partial charge is 0.309 e. The fourth-order valence-electron chi connectivity index (χ4n) is 2.95. The van der Waals surface area contributed by atoms with E-state index in [2.05, 4.69) is 6.92 Å². The van der Waals surface area contributed by atoms with Gasteiger partial charge in [-0.15, -0.1) is 0 Å². The van der Waals surface area contributed by atoms with Gasteiger partial charge in [0, 0.05) is 5.75 Å². The average Bonchev–Trinajstić information content (AvgIpc) is 2.26. The van der Waals surface area contributed by atoms with Crippen molar-refractivity contribution in [1.29, 1.82) is 0 Å². The first-order valence-electron chi connectivity index (χ1n) is 6.75. The molecule has 0 amide bonds. The predicted octanol–water partition coefficient (Wildman–Crippen LogP) is 2.48. The lowest BCUT2D eigenvalue weighted by molar-refractivity contribution is -0.152. The lowest BCUT2D eigenvalue weighted by atomic mass is 9.68.